The molecular weight excluding hydrogens is 242 g/mol. The number of hydrogen-bond acceptors (Lipinski definition) is 2. The van der Waals surface area contributed by atoms with Crippen molar-refractivity contribution < 1.29 is 5.11 Å². The molecule has 1 atom stereocenters. The van der Waals surface area contributed by atoms with Gasteiger partial charge < -0.3 is 5.11 Å². The number of fused-ring (bicyclic) bond motifs is 1. The normalized spacial score (nSPS) is 13.0. The molecule has 0 saturated heterocycles. The number of nitrogens with zero attached hydrogens (tertiary/aromatic N) is 1. The molecule has 1 N–H and O–H groups in total. The average molecular weight is 252 g/mol. The fraction of sp³-hybridized carbons (Fsp3) is 0.182. The van der Waals surface area contributed by atoms with Gasteiger partial charge in [-0.1, -0.05) is 34.1 Å². The molecule has 0 radical (unpaired) electrons. The van der Waals surface area contributed by atoms with Gasteiger partial charge in [-0.3, -0.25) is 4.98 Å². The lowest BCUT2D eigenvalue weighted by molar-refractivity contribution is 0.205. The van der Waals surface area contributed by atoms with E-state index in [-0.39, 0.29) is 0 Å². The second-order valence-corrected chi connectivity index (χ2v) is 3.78. The summed E-state index contributed by atoms with van der Waals surface area (Å²) in [5.41, 5.74) is 1.80. The van der Waals surface area contributed by atoms with Crippen molar-refractivity contribution >= 4 is 26.8 Å². The summed E-state index contributed by atoms with van der Waals surface area (Å²) in [6.45, 7) is 0. The number of aliphatic hydroxyl groups is 1. The highest BCUT2D eigenvalue weighted by atomic mass is 79.9. The Hall–Kier alpha value is -0.930. The van der Waals surface area contributed by atoms with Gasteiger partial charge in [0.05, 0.1) is 11.6 Å². The highest BCUT2D eigenvalue weighted by Gasteiger charge is 2.06. The van der Waals surface area contributed by atoms with E-state index in [1.165, 1.54) is 0 Å². The number of aromatic nitrogens is 1. The molecule has 0 bridgehead atoms. The van der Waals surface area contributed by atoms with E-state index < -0.39 is 6.10 Å². The third kappa shape index (κ3) is 1.79. The molecule has 0 amide bonds. The van der Waals surface area contributed by atoms with Crippen LogP contribution in [0.15, 0.2) is 36.5 Å². The Morgan fingerprint density at radius 1 is 1.36 bits per heavy atom. The quantitative estimate of drug-likeness (QED) is 0.833. The van der Waals surface area contributed by atoms with Crippen LogP contribution in [0.2, 0.25) is 0 Å². The van der Waals surface area contributed by atoms with Crippen molar-refractivity contribution in [2.75, 3.05) is 5.33 Å². The van der Waals surface area contributed by atoms with Crippen LogP contribution in [0.3, 0.4) is 0 Å². The number of benzene rings is 1. The molecule has 72 valence electrons. The van der Waals surface area contributed by atoms with Gasteiger partial charge in [0, 0.05) is 22.5 Å². The zero-order chi connectivity index (χ0) is 9.97. The highest BCUT2D eigenvalue weighted by molar-refractivity contribution is 9.09. The van der Waals surface area contributed by atoms with E-state index in [4.69, 9.17) is 0 Å². The molecule has 1 heterocycles. The van der Waals surface area contributed by atoms with E-state index in [0.717, 1.165) is 16.5 Å². The minimum atomic E-state index is -0.480. The van der Waals surface area contributed by atoms with Crippen LogP contribution in [0.4, 0.5) is 0 Å². The lowest BCUT2D eigenvalue weighted by atomic mass is 10.1. The van der Waals surface area contributed by atoms with E-state index in [9.17, 15) is 5.11 Å². The summed E-state index contributed by atoms with van der Waals surface area (Å²) < 4.78 is 0. The van der Waals surface area contributed by atoms with Crippen molar-refractivity contribution in [1.82, 2.24) is 4.98 Å². The van der Waals surface area contributed by atoms with Gasteiger partial charge in [0.15, 0.2) is 0 Å². The lowest BCUT2D eigenvalue weighted by Gasteiger charge is -2.07. The van der Waals surface area contributed by atoms with Crippen molar-refractivity contribution in [2.45, 2.75) is 6.10 Å². The maximum atomic E-state index is 9.60. The second kappa shape index (κ2) is 4.07. The number of pyridine rings is 1. The predicted molar refractivity (Wildman–Crippen MR) is 60.5 cm³/mol. The Labute approximate surface area is 90.7 Å². The molecule has 0 saturated carbocycles. The first kappa shape index (κ1) is 9.62. The van der Waals surface area contributed by atoms with Crippen LogP contribution in [0, 0.1) is 0 Å². The molecule has 0 aliphatic heterocycles. The number of alkyl halides is 1. The zero-order valence-electron chi connectivity index (χ0n) is 7.52. The van der Waals surface area contributed by atoms with Crippen LogP contribution in [0.1, 0.15) is 11.7 Å². The Balaban J connectivity index is 2.51. The van der Waals surface area contributed by atoms with Gasteiger partial charge in [-0.15, -0.1) is 0 Å². The summed E-state index contributed by atoms with van der Waals surface area (Å²) in [7, 11) is 0. The molecule has 14 heavy (non-hydrogen) atoms. The SMILES string of the molecule is OC(CBr)c1cnc2ccccc2c1. The summed E-state index contributed by atoms with van der Waals surface area (Å²) in [4.78, 5) is 4.27. The predicted octanol–water partition coefficient (Wildman–Crippen LogP) is 2.66. The fourth-order valence-corrected chi connectivity index (χ4v) is 1.73. The van der Waals surface area contributed by atoms with Crippen LogP contribution in [-0.2, 0) is 0 Å². The average Bonchev–Trinajstić information content (AvgIpc) is 2.27. The van der Waals surface area contributed by atoms with E-state index >= 15 is 0 Å². The number of para-hydroxylation sites is 1. The number of halogens is 1. The largest absolute Gasteiger partial charge is 0.387 e. The molecule has 2 rings (SSSR count). The van der Waals surface area contributed by atoms with Gasteiger partial charge >= 0.3 is 0 Å². The molecule has 2 aromatic rings. The summed E-state index contributed by atoms with van der Waals surface area (Å²) in [6.07, 6.45) is 1.24. The van der Waals surface area contributed by atoms with Crippen LogP contribution in [-0.4, -0.2) is 15.4 Å². The molecule has 0 fully saturated rings. The van der Waals surface area contributed by atoms with Crippen LogP contribution in [0.25, 0.3) is 10.9 Å². The third-order valence-corrected chi connectivity index (χ3v) is 2.76. The second-order valence-electron chi connectivity index (χ2n) is 3.13. The Bertz CT molecular complexity index is 444. The van der Waals surface area contributed by atoms with Crippen LogP contribution >= 0.6 is 15.9 Å². The molecule has 2 nitrogen and oxygen atoms in total. The minimum absolute atomic E-state index is 0.480. The number of rotatable bonds is 2. The van der Waals surface area contributed by atoms with Gasteiger partial charge in [0.2, 0.25) is 0 Å². The van der Waals surface area contributed by atoms with Gasteiger partial charge in [0.1, 0.15) is 0 Å². The van der Waals surface area contributed by atoms with E-state index in [0.29, 0.717) is 5.33 Å². The molecule has 1 unspecified atom stereocenters. The molecule has 1 aromatic heterocycles. The Morgan fingerprint density at radius 3 is 2.93 bits per heavy atom. The van der Waals surface area contributed by atoms with E-state index in [1.54, 1.807) is 6.20 Å². The Morgan fingerprint density at radius 2 is 2.14 bits per heavy atom. The molecular formula is C11H10BrNO. The van der Waals surface area contributed by atoms with Crippen LogP contribution in [0.5, 0.6) is 0 Å². The Kier molecular flexibility index (Phi) is 2.79. The smallest absolute Gasteiger partial charge is 0.0901 e. The maximum absolute atomic E-state index is 9.60. The van der Waals surface area contributed by atoms with Crippen molar-refractivity contribution in [3.8, 4) is 0 Å². The first-order valence-corrected chi connectivity index (χ1v) is 5.52. The van der Waals surface area contributed by atoms with Crippen LogP contribution < -0.4 is 0 Å². The zero-order valence-corrected chi connectivity index (χ0v) is 9.11. The van der Waals surface area contributed by atoms with E-state index in [2.05, 4.69) is 20.9 Å². The first-order valence-electron chi connectivity index (χ1n) is 4.40. The highest BCUT2D eigenvalue weighted by Crippen LogP contribution is 2.19. The first-order chi connectivity index (χ1) is 6.81. The van der Waals surface area contributed by atoms with Crippen molar-refractivity contribution in [3.05, 3.63) is 42.1 Å². The number of aliphatic hydroxyl groups excluding tert-OH is 1. The number of hydrogen-bond donors (Lipinski definition) is 1. The lowest BCUT2D eigenvalue weighted by Crippen LogP contribution is -1.98. The maximum Gasteiger partial charge on any atom is 0.0901 e. The molecule has 1 aromatic carbocycles. The molecule has 0 aliphatic carbocycles. The minimum Gasteiger partial charge on any atom is -0.387 e. The molecule has 3 heteroatoms. The molecule has 0 spiro atoms. The standard InChI is InChI=1S/C11H10BrNO/c12-6-11(14)9-5-8-3-1-2-4-10(8)13-7-9/h1-5,7,11,14H,6H2. The van der Waals surface area contributed by atoms with Gasteiger partial charge in [-0.25, -0.2) is 0 Å². The third-order valence-electron chi connectivity index (χ3n) is 2.14. The van der Waals surface area contributed by atoms with Gasteiger partial charge in [-0.05, 0) is 12.1 Å². The molecule has 0 aliphatic rings. The summed E-state index contributed by atoms with van der Waals surface area (Å²) in [5.74, 6) is 0. The summed E-state index contributed by atoms with van der Waals surface area (Å²) in [6, 6.07) is 9.84. The van der Waals surface area contributed by atoms with Gasteiger partial charge in [0.25, 0.3) is 0 Å². The monoisotopic (exact) mass is 251 g/mol. The fourth-order valence-electron chi connectivity index (χ4n) is 1.36. The van der Waals surface area contributed by atoms with Gasteiger partial charge in [-0.2, -0.15) is 0 Å². The van der Waals surface area contributed by atoms with Crippen molar-refractivity contribution in [2.24, 2.45) is 0 Å². The summed E-state index contributed by atoms with van der Waals surface area (Å²) in [5, 5.41) is 11.2. The topological polar surface area (TPSA) is 33.1 Å². The van der Waals surface area contributed by atoms with E-state index in [1.807, 2.05) is 30.3 Å². The van der Waals surface area contributed by atoms with Crippen molar-refractivity contribution in [1.29, 1.82) is 0 Å². The van der Waals surface area contributed by atoms with Crippen molar-refractivity contribution in [3.63, 3.8) is 0 Å². The summed E-state index contributed by atoms with van der Waals surface area (Å²) >= 11 is 3.24.